The van der Waals surface area contributed by atoms with Gasteiger partial charge in [0.25, 0.3) is 5.91 Å². The summed E-state index contributed by atoms with van der Waals surface area (Å²) in [6.07, 6.45) is 3.54. The Kier molecular flexibility index (Phi) is 3.80. The summed E-state index contributed by atoms with van der Waals surface area (Å²) < 4.78 is 0. The summed E-state index contributed by atoms with van der Waals surface area (Å²) in [5, 5.41) is 0.678. The lowest BCUT2D eigenvalue weighted by Gasteiger charge is -2.22. The lowest BCUT2D eigenvalue weighted by atomic mass is 10.1. The molecule has 1 aromatic heterocycles. The van der Waals surface area contributed by atoms with Gasteiger partial charge in [0.1, 0.15) is 0 Å². The third kappa shape index (κ3) is 3.34. The van der Waals surface area contributed by atoms with Gasteiger partial charge in [-0.3, -0.25) is 9.59 Å². The van der Waals surface area contributed by atoms with Crippen molar-refractivity contribution in [2.75, 3.05) is 0 Å². The Morgan fingerprint density at radius 2 is 1.95 bits per heavy atom. The summed E-state index contributed by atoms with van der Waals surface area (Å²) in [7, 11) is 0. The normalized spacial score (nSPS) is 14.0. The molecule has 1 heterocycles. The molecule has 1 amide bonds. The molecule has 1 fully saturated rings. The maximum Gasteiger partial charge on any atom is 0.254 e. The number of nitrogens with zero attached hydrogens (tertiary/aromatic N) is 1. The summed E-state index contributed by atoms with van der Waals surface area (Å²) in [5.74, 6) is -0.0986. The summed E-state index contributed by atoms with van der Waals surface area (Å²) >= 11 is 5.88. The minimum atomic E-state index is -0.261. The Labute approximate surface area is 127 Å². The molecule has 0 unspecified atom stereocenters. The van der Waals surface area contributed by atoms with Gasteiger partial charge in [-0.15, -0.1) is 0 Å². The molecule has 0 aliphatic heterocycles. The van der Waals surface area contributed by atoms with Gasteiger partial charge in [0.15, 0.2) is 0 Å². The molecule has 0 atom stereocenters. The fourth-order valence-electron chi connectivity index (χ4n) is 2.28. The molecule has 21 heavy (non-hydrogen) atoms. The van der Waals surface area contributed by atoms with Crippen molar-refractivity contribution >= 4 is 17.5 Å². The third-order valence-corrected chi connectivity index (χ3v) is 3.79. The first-order valence-electron chi connectivity index (χ1n) is 6.87. The SMILES string of the molecule is O=C(c1cc[nH]c(=O)c1)N(Cc1ccc(Cl)cc1)C1CC1. The van der Waals surface area contributed by atoms with Crippen molar-refractivity contribution in [1.82, 2.24) is 9.88 Å². The Bertz CT molecular complexity index is 705. The molecule has 1 saturated carbocycles. The first-order chi connectivity index (χ1) is 10.1. The highest BCUT2D eigenvalue weighted by Gasteiger charge is 2.33. The van der Waals surface area contributed by atoms with Crippen LogP contribution < -0.4 is 5.56 Å². The first kappa shape index (κ1) is 13.9. The molecule has 4 nitrogen and oxygen atoms in total. The molecule has 1 aromatic carbocycles. The molecule has 1 aliphatic rings. The van der Waals surface area contributed by atoms with Crippen LogP contribution in [0, 0.1) is 0 Å². The monoisotopic (exact) mass is 302 g/mol. The van der Waals surface area contributed by atoms with Crippen LogP contribution in [0.2, 0.25) is 5.02 Å². The van der Waals surface area contributed by atoms with Crippen molar-refractivity contribution in [2.24, 2.45) is 0 Å². The molecule has 0 spiro atoms. The van der Waals surface area contributed by atoms with Gasteiger partial charge in [-0.05, 0) is 36.6 Å². The van der Waals surface area contributed by atoms with Crippen molar-refractivity contribution < 1.29 is 4.79 Å². The molecule has 0 radical (unpaired) electrons. The molecule has 0 saturated heterocycles. The number of aromatic amines is 1. The highest BCUT2D eigenvalue weighted by Crippen LogP contribution is 2.29. The molecule has 2 aromatic rings. The Hall–Kier alpha value is -2.07. The van der Waals surface area contributed by atoms with Gasteiger partial charge in [0, 0.05) is 35.4 Å². The van der Waals surface area contributed by atoms with Crippen LogP contribution in [0.4, 0.5) is 0 Å². The number of benzene rings is 1. The number of halogens is 1. The number of rotatable bonds is 4. The number of hydrogen-bond acceptors (Lipinski definition) is 2. The van der Waals surface area contributed by atoms with Crippen molar-refractivity contribution in [3.63, 3.8) is 0 Å². The number of H-pyrrole nitrogens is 1. The van der Waals surface area contributed by atoms with E-state index < -0.39 is 0 Å². The zero-order chi connectivity index (χ0) is 14.8. The summed E-state index contributed by atoms with van der Waals surface area (Å²) in [6, 6.07) is 10.7. The zero-order valence-electron chi connectivity index (χ0n) is 11.4. The molecule has 108 valence electrons. The maximum absolute atomic E-state index is 12.6. The van der Waals surface area contributed by atoms with E-state index in [0.29, 0.717) is 17.1 Å². The molecular formula is C16H15ClN2O2. The second-order valence-corrected chi connectivity index (χ2v) is 5.67. The van der Waals surface area contributed by atoms with E-state index >= 15 is 0 Å². The van der Waals surface area contributed by atoms with Crippen molar-refractivity contribution in [3.8, 4) is 0 Å². The van der Waals surface area contributed by atoms with Crippen LogP contribution in [0.15, 0.2) is 47.4 Å². The predicted octanol–water partition coefficient (Wildman–Crippen LogP) is 2.83. The zero-order valence-corrected chi connectivity index (χ0v) is 12.1. The van der Waals surface area contributed by atoms with Crippen LogP contribution in [0.5, 0.6) is 0 Å². The molecule has 5 heteroatoms. The topological polar surface area (TPSA) is 53.2 Å². The van der Waals surface area contributed by atoms with Gasteiger partial charge < -0.3 is 9.88 Å². The molecular weight excluding hydrogens is 288 g/mol. The largest absolute Gasteiger partial charge is 0.331 e. The van der Waals surface area contributed by atoms with Crippen molar-refractivity contribution in [2.45, 2.75) is 25.4 Å². The van der Waals surface area contributed by atoms with Crippen molar-refractivity contribution in [3.05, 3.63) is 69.1 Å². The molecule has 0 bridgehead atoms. The van der Waals surface area contributed by atoms with Crippen LogP contribution in [0.25, 0.3) is 0 Å². The maximum atomic E-state index is 12.6. The molecule has 1 aliphatic carbocycles. The standard InChI is InChI=1S/C16H15ClN2O2/c17-13-3-1-11(2-4-13)10-19(14-5-6-14)16(21)12-7-8-18-15(20)9-12/h1-4,7-9,14H,5-6,10H2,(H,18,20). The fraction of sp³-hybridized carbons (Fsp3) is 0.250. The smallest absolute Gasteiger partial charge is 0.254 e. The van der Waals surface area contributed by atoms with Crippen LogP contribution in [0.3, 0.4) is 0 Å². The van der Waals surface area contributed by atoms with Gasteiger partial charge in [-0.2, -0.15) is 0 Å². The summed E-state index contributed by atoms with van der Waals surface area (Å²) in [4.78, 5) is 28.3. The van der Waals surface area contributed by atoms with Gasteiger partial charge in [0.2, 0.25) is 5.56 Å². The van der Waals surface area contributed by atoms with E-state index in [0.717, 1.165) is 18.4 Å². The quantitative estimate of drug-likeness (QED) is 0.944. The number of carbonyl (C=O) groups excluding carboxylic acids is 1. The van der Waals surface area contributed by atoms with Crippen LogP contribution in [-0.2, 0) is 6.54 Å². The minimum absolute atomic E-state index is 0.0986. The third-order valence-electron chi connectivity index (χ3n) is 3.54. The fourth-order valence-corrected chi connectivity index (χ4v) is 2.41. The number of carbonyl (C=O) groups is 1. The van der Waals surface area contributed by atoms with E-state index in [9.17, 15) is 9.59 Å². The van der Waals surface area contributed by atoms with E-state index in [1.165, 1.54) is 12.3 Å². The van der Waals surface area contributed by atoms with Crippen LogP contribution in [0.1, 0.15) is 28.8 Å². The van der Waals surface area contributed by atoms with Gasteiger partial charge >= 0.3 is 0 Å². The highest BCUT2D eigenvalue weighted by atomic mass is 35.5. The minimum Gasteiger partial charge on any atom is -0.331 e. The highest BCUT2D eigenvalue weighted by molar-refractivity contribution is 6.30. The lowest BCUT2D eigenvalue weighted by Crippen LogP contribution is -2.33. The number of aromatic nitrogens is 1. The average molecular weight is 303 g/mol. The van der Waals surface area contributed by atoms with Gasteiger partial charge in [-0.25, -0.2) is 0 Å². The van der Waals surface area contributed by atoms with E-state index in [-0.39, 0.29) is 17.5 Å². The molecule has 3 rings (SSSR count). The van der Waals surface area contributed by atoms with E-state index in [4.69, 9.17) is 11.6 Å². The summed E-state index contributed by atoms with van der Waals surface area (Å²) in [6.45, 7) is 0.535. The van der Waals surface area contributed by atoms with Crippen LogP contribution >= 0.6 is 11.6 Å². The number of nitrogens with one attached hydrogen (secondary N) is 1. The second kappa shape index (κ2) is 5.74. The van der Waals surface area contributed by atoms with E-state index in [2.05, 4.69) is 4.98 Å². The Morgan fingerprint density at radius 1 is 1.24 bits per heavy atom. The Balaban J connectivity index is 1.83. The Morgan fingerprint density at radius 3 is 2.57 bits per heavy atom. The second-order valence-electron chi connectivity index (χ2n) is 5.23. The molecule has 1 N–H and O–H groups in total. The van der Waals surface area contributed by atoms with Gasteiger partial charge in [0.05, 0.1) is 0 Å². The van der Waals surface area contributed by atoms with E-state index in [1.807, 2.05) is 29.2 Å². The average Bonchev–Trinajstić information content (AvgIpc) is 3.30. The first-order valence-corrected chi connectivity index (χ1v) is 7.25. The van der Waals surface area contributed by atoms with Crippen molar-refractivity contribution in [1.29, 1.82) is 0 Å². The number of hydrogen-bond donors (Lipinski definition) is 1. The van der Waals surface area contributed by atoms with Gasteiger partial charge in [-0.1, -0.05) is 23.7 Å². The number of pyridine rings is 1. The van der Waals surface area contributed by atoms with E-state index in [1.54, 1.807) is 6.07 Å². The van der Waals surface area contributed by atoms with Crippen LogP contribution in [-0.4, -0.2) is 21.8 Å². The lowest BCUT2D eigenvalue weighted by molar-refractivity contribution is 0.0729. The number of amides is 1. The predicted molar refractivity (Wildman–Crippen MR) is 81.4 cm³/mol. The summed E-state index contributed by atoms with van der Waals surface area (Å²) in [5.41, 5.74) is 1.20.